The van der Waals surface area contributed by atoms with E-state index in [1.54, 1.807) is 0 Å². The quantitative estimate of drug-likeness (QED) is 0.913. The Balaban J connectivity index is 1.96. The summed E-state index contributed by atoms with van der Waals surface area (Å²) in [6.07, 6.45) is 1.55. The first-order chi connectivity index (χ1) is 11.9. The average Bonchev–Trinajstić information content (AvgIpc) is 3.06. The van der Waals surface area contributed by atoms with Gasteiger partial charge in [0.2, 0.25) is 5.91 Å². The molecule has 1 saturated heterocycles. The fraction of sp³-hybridized carbons (Fsp3) is 0.556. The molecule has 7 nitrogen and oxygen atoms in total. The van der Waals surface area contributed by atoms with Crippen LogP contribution in [-0.4, -0.2) is 44.1 Å². The summed E-state index contributed by atoms with van der Waals surface area (Å²) in [6, 6.07) is 10.2. The van der Waals surface area contributed by atoms with Gasteiger partial charge in [0.15, 0.2) is 5.82 Å². The second-order valence-electron chi connectivity index (χ2n) is 7.65. The Bertz CT molecular complexity index is 713. The minimum atomic E-state index is -0.211. The van der Waals surface area contributed by atoms with E-state index < -0.39 is 0 Å². The molecule has 0 bridgehead atoms. The van der Waals surface area contributed by atoms with Gasteiger partial charge in [-0.05, 0) is 62.7 Å². The van der Waals surface area contributed by atoms with Gasteiger partial charge in [-0.15, -0.1) is 5.10 Å². The van der Waals surface area contributed by atoms with Gasteiger partial charge in [0.25, 0.3) is 0 Å². The van der Waals surface area contributed by atoms with E-state index >= 15 is 0 Å². The highest BCUT2D eigenvalue weighted by Crippen LogP contribution is 2.32. The first-order valence-electron chi connectivity index (χ1n) is 8.75. The van der Waals surface area contributed by atoms with Crippen molar-refractivity contribution in [2.45, 2.75) is 45.2 Å². The van der Waals surface area contributed by atoms with Gasteiger partial charge in [0.05, 0.1) is 11.6 Å². The standard InChI is InChI=1S/C18H26N6O/c1-18(2,3)24-17(20-21-22-24)15(13-7-5-4-6-8-13)23-11-9-14(10-12-23)16(19)25/h4-8,14-15H,9-12H2,1-3H3,(H2,19,25)/t15-/m0/s1. The van der Waals surface area contributed by atoms with E-state index in [9.17, 15) is 4.79 Å². The van der Waals surface area contributed by atoms with Crippen molar-refractivity contribution < 1.29 is 4.79 Å². The molecule has 134 valence electrons. The molecule has 2 N–H and O–H groups in total. The fourth-order valence-corrected chi connectivity index (χ4v) is 3.44. The third-order valence-electron chi connectivity index (χ3n) is 4.79. The van der Waals surface area contributed by atoms with Crippen LogP contribution in [0.4, 0.5) is 0 Å². The number of benzene rings is 1. The second-order valence-corrected chi connectivity index (χ2v) is 7.65. The van der Waals surface area contributed by atoms with Gasteiger partial charge >= 0.3 is 0 Å². The molecule has 1 amide bonds. The molecule has 2 aromatic rings. The molecule has 1 aromatic heterocycles. The van der Waals surface area contributed by atoms with Crippen LogP contribution in [0, 0.1) is 5.92 Å². The van der Waals surface area contributed by atoms with Crippen molar-refractivity contribution in [2.24, 2.45) is 11.7 Å². The smallest absolute Gasteiger partial charge is 0.220 e. The first kappa shape index (κ1) is 17.5. The highest BCUT2D eigenvalue weighted by atomic mass is 16.1. The minimum absolute atomic E-state index is 0.0358. The summed E-state index contributed by atoms with van der Waals surface area (Å²) in [6.45, 7) is 7.87. The number of carbonyl (C=O) groups excluding carboxylic acids is 1. The van der Waals surface area contributed by atoms with Crippen LogP contribution < -0.4 is 5.73 Å². The number of hydrogen-bond donors (Lipinski definition) is 1. The predicted molar refractivity (Wildman–Crippen MR) is 94.6 cm³/mol. The lowest BCUT2D eigenvalue weighted by molar-refractivity contribution is -0.123. The van der Waals surface area contributed by atoms with Crippen LogP contribution in [0.15, 0.2) is 30.3 Å². The van der Waals surface area contributed by atoms with Crippen LogP contribution in [-0.2, 0) is 10.3 Å². The number of carbonyl (C=O) groups is 1. The summed E-state index contributed by atoms with van der Waals surface area (Å²) in [5, 5.41) is 12.5. The van der Waals surface area contributed by atoms with Crippen molar-refractivity contribution in [3.05, 3.63) is 41.7 Å². The zero-order valence-electron chi connectivity index (χ0n) is 15.1. The Morgan fingerprint density at radius 3 is 2.40 bits per heavy atom. The van der Waals surface area contributed by atoms with Crippen LogP contribution in [0.2, 0.25) is 0 Å². The van der Waals surface area contributed by atoms with Gasteiger partial charge in [0.1, 0.15) is 0 Å². The molecule has 3 rings (SSSR count). The zero-order valence-corrected chi connectivity index (χ0v) is 15.1. The van der Waals surface area contributed by atoms with E-state index in [0.29, 0.717) is 0 Å². The molecule has 25 heavy (non-hydrogen) atoms. The Hall–Kier alpha value is -2.28. The summed E-state index contributed by atoms with van der Waals surface area (Å²) in [4.78, 5) is 13.8. The number of primary amides is 1. The fourth-order valence-electron chi connectivity index (χ4n) is 3.44. The number of hydrogen-bond acceptors (Lipinski definition) is 5. The van der Waals surface area contributed by atoms with Gasteiger partial charge in [-0.3, -0.25) is 9.69 Å². The molecule has 2 heterocycles. The van der Waals surface area contributed by atoms with Gasteiger partial charge < -0.3 is 5.73 Å². The molecule has 1 fully saturated rings. The van der Waals surface area contributed by atoms with Crippen molar-refractivity contribution in [3.8, 4) is 0 Å². The Morgan fingerprint density at radius 1 is 1.20 bits per heavy atom. The van der Waals surface area contributed by atoms with Crippen molar-refractivity contribution in [1.29, 1.82) is 0 Å². The van der Waals surface area contributed by atoms with Gasteiger partial charge in [-0.2, -0.15) is 0 Å². The predicted octanol–water partition coefficient (Wildman–Crippen LogP) is 1.71. The Labute approximate surface area is 148 Å². The molecule has 0 saturated carbocycles. The maximum atomic E-state index is 11.5. The maximum absolute atomic E-state index is 11.5. The lowest BCUT2D eigenvalue weighted by Crippen LogP contribution is -2.42. The van der Waals surface area contributed by atoms with Crippen LogP contribution >= 0.6 is 0 Å². The SMILES string of the molecule is CC(C)(C)n1nnnc1[C@H](c1ccccc1)N1CCC(C(N)=O)CC1. The van der Waals surface area contributed by atoms with Crippen molar-refractivity contribution in [1.82, 2.24) is 25.1 Å². The molecular formula is C18H26N6O. The van der Waals surface area contributed by atoms with E-state index in [1.807, 2.05) is 22.9 Å². The average molecular weight is 342 g/mol. The van der Waals surface area contributed by atoms with E-state index in [4.69, 9.17) is 5.73 Å². The van der Waals surface area contributed by atoms with E-state index in [2.05, 4.69) is 53.3 Å². The summed E-state index contributed by atoms with van der Waals surface area (Å²) in [5.41, 5.74) is 6.42. The number of piperidine rings is 1. The normalized spacial score (nSPS) is 18.2. The molecule has 1 atom stereocenters. The molecular weight excluding hydrogens is 316 g/mol. The topological polar surface area (TPSA) is 89.9 Å². The summed E-state index contributed by atoms with van der Waals surface area (Å²) in [5.74, 6) is 0.595. The minimum Gasteiger partial charge on any atom is -0.369 e. The number of nitrogens with two attached hydrogens (primary N) is 1. The van der Waals surface area contributed by atoms with E-state index in [-0.39, 0.29) is 23.4 Å². The summed E-state index contributed by atoms with van der Waals surface area (Å²) >= 11 is 0. The monoisotopic (exact) mass is 342 g/mol. The third kappa shape index (κ3) is 3.71. The van der Waals surface area contributed by atoms with Gasteiger partial charge in [0, 0.05) is 5.92 Å². The molecule has 0 unspecified atom stereocenters. The molecule has 0 radical (unpaired) electrons. The van der Waals surface area contributed by atoms with Crippen LogP contribution in [0.3, 0.4) is 0 Å². The molecule has 1 aliphatic rings. The molecule has 0 spiro atoms. The van der Waals surface area contributed by atoms with Crippen LogP contribution in [0.1, 0.15) is 51.0 Å². The molecule has 1 aromatic carbocycles. The highest BCUT2D eigenvalue weighted by molar-refractivity contribution is 5.76. The van der Waals surface area contributed by atoms with Crippen LogP contribution in [0.25, 0.3) is 0 Å². The third-order valence-corrected chi connectivity index (χ3v) is 4.79. The summed E-state index contributed by atoms with van der Waals surface area (Å²) in [7, 11) is 0. The molecule has 7 heteroatoms. The number of rotatable bonds is 4. The lowest BCUT2D eigenvalue weighted by atomic mass is 9.93. The highest BCUT2D eigenvalue weighted by Gasteiger charge is 2.34. The number of likely N-dealkylation sites (tertiary alicyclic amines) is 1. The Kier molecular flexibility index (Phi) is 4.85. The number of tetrazole rings is 1. The Morgan fingerprint density at radius 2 is 1.84 bits per heavy atom. The molecule has 1 aliphatic heterocycles. The van der Waals surface area contributed by atoms with Gasteiger partial charge in [-0.25, -0.2) is 4.68 Å². The van der Waals surface area contributed by atoms with E-state index in [1.165, 1.54) is 0 Å². The van der Waals surface area contributed by atoms with Crippen molar-refractivity contribution >= 4 is 5.91 Å². The van der Waals surface area contributed by atoms with Crippen LogP contribution in [0.5, 0.6) is 0 Å². The second kappa shape index (κ2) is 6.92. The first-order valence-corrected chi connectivity index (χ1v) is 8.75. The number of amides is 1. The summed E-state index contributed by atoms with van der Waals surface area (Å²) < 4.78 is 1.89. The lowest BCUT2D eigenvalue weighted by Gasteiger charge is -2.37. The number of nitrogens with zero attached hydrogens (tertiary/aromatic N) is 5. The number of aromatic nitrogens is 4. The van der Waals surface area contributed by atoms with Crippen molar-refractivity contribution in [3.63, 3.8) is 0 Å². The zero-order chi connectivity index (χ0) is 18.0. The largest absolute Gasteiger partial charge is 0.369 e. The van der Waals surface area contributed by atoms with Gasteiger partial charge in [-0.1, -0.05) is 30.3 Å². The molecule has 0 aliphatic carbocycles. The van der Waals surface area contributed by atoms with Crippen molar-refractivity contribution in [2.75, 3.05) is 13.1 Å². The maximum Gasteiger partial charge on any atom is 0.220 e. The van der Waals surface area contributed by atoms with E-state index in [0.717, 1.165) is 37.3 Å².